The lowest BCUT2D eigenvalue weighted by Gasteiger charge is -2.17. The van der Waals surface area contributed by atoms with E-state index in [2.05, 4.69) is 10.3 Å². The minimum absolute atomic E-state index is 0.0588. The third kappa shape index (κ3) is 3.36. The molecule has 1 heterocycles. The number of amides is 1. The monoisotopic (exact) mass is 285 g/mol. The number of pyridine rings is 1. The third-order valence-electron chi connectivity index (χ3n) is 2.83. The van der Waals surface area contributed by atoms with E-state index in [4.69, 9.17) is 5.11 Å². The molecular formula is C15H15N3O3. The molecule has 0 bridgehead atoms. The van der Waals surface area contributed by atoms with Crippen LogP contribution in [-0.4, -0.2) is 36.1 Å². The molecule has 0 spiro atoms. The number of carboxylic acids is 1. The molecule has 1 aromatic heterocycles. The highest BCUT2D eigenvalue weighted by molar-refractivity contribution is 6.05. The zero-order chi connectivity index (χ0) is 15.4. The van der Waals surface area contributed by atoms with Crippen LogP contribution in [0.4, 0.5) is 11.4 Å². The summed E-state index contributed by atoms with van der Waals surface area (Å²) < 4.78 is 0. The Morgan fingerprint density at radius 2 is 1.71 bits per heavy atom. The number of rotatable bonds is 4. The number of benzene rings is 1. The van der Waals surface area contributed by atoms with Gasteiger partial charge >= 0.3 is 5.97 Å². The van der Waals surface area contributed by atoms with Crippen molar-refractivity contribution in [2.75, 3.05) is 24.3 Å². The van der Waals surface area contributed by atoms with Gasteiger partial charge in [-0.25, -0.2) is 9.78 Å². The molecule has 6 nitrogen and oxygen atoms in total. The predicted molar refractivity (Wildman–Crippen MR) is 79.9 cm³/mol. The van der Waals surface area contributed by atoms with Crippen LogP contribution in [0.15, 0.2) is 42.5 Å². The smallest absolute Gasteiger partial charge is 0.354 e. The molecule has 2 aromatic rings. The number of anilines is 2. The van der Waals surface area contributed by atoms with Crippen LogP contribution in [0.25, 0.3) is 0 Å². The number of para-hydroxylation sites is 2. The zero-order valence-corrected chi connectivity index (χ0v) is 11.7. The average molecular weight is 285 g/mol. The highest BCUT2D eigenvalue weighted by Gasteiger charge is 2.13. The van der Waals surface area contributed by atoms with Gasteiger partial charge in [-0.1, -0.05) is 18.2 Å². The fourth-order valence-electron chi connectivity index (χ4n) is 1.84. The first-order chi connectivity index (χ1) is 9.99. The second kappa shape index (κ2) is 6.04. The summed E-state index contributed by atoms with van der Waals surface area (Å²) in [6, 6.07) is 11.6. The Labute approximate surface area is 122 Å². The summed E-state index contributed by atoms with van der Waals surface area (Å²) in [7, 11) is 3.74. The molecule has 6 heteroatoms. The van der Waals surface area contributed by atoms with Gasteiger partial charge in [0, 0.05) is 14.1 Å². The fraction of sp³-hybridized carbons (Fsp3) is 0.133. The van der Waals surface area contributed by atoms with Crippen molar-refractivity contribution < 1.29 is 14.7 Å². The molecule has 0 atom stereocenters. The van der Waals surface area contributed by atoms with Gasteiger partial charge in [0.2, 0.25) is 0 Å². The number of carbonyl (C=O) groups is 2. The molecule has 0 unspecified atom stereocenters. The minimum Gasteiger partial charge on any atom is -0.477 e. The first kappa shape index (κ1) is 14.5. The molecule has 0 radical (unpaired) electrons. The van der Waals surface area contributed by atoms with E-state index in [1.807, 2.05) is 37.2 Å². The lowest BCUT2D eigenvalue weighted by Crippen LogP contribution is -2.18. The van der Waals surface area contributed by atoms with Crippen LogP contribution in [0.1, 0.15) is 21.0 Å². The molecule has 2 rings (SSSR count). The van der Waals surface area contributed by atoms with Gasteiger partial charge in [0.25, 0.3) is 5.91 Å². The van der Waals surface area contributed by atoms with E-state index in [-0.39, 0.29) is 11.4 Å². The highest BCUT2D eigenvalue weighted by Crippen LogP contribution is 2.23. The minimum atomic E-state index is -1.17. The summed E-state index contributed by atoms with van der Waals surface area (Å²) in [5, 5.41) is 11.6. The third-order valence-corrected chi connectivity index (χ3v) is 2.83. The first-order valence-electron chi connectivity index (χ1n) is 6.27. The molecule has 0 saturated carbocycles. The van der Waals surface area contributed by atoms with Crippen molar-refractivity contribution in [1.82, 2.24) is 4.98 Å². The van der Waals surface area contributed by atoms with Crippen LogP contribution in [0.2, 0.25) is 0 Å². The normalized spacial score (nSPS) is 10.0. The van der Waals surface area contributed by atoms with Gasteiger partial charge in [0.05, 0.1) is 11.4 Å². The highest BCUT2D eigenvalue weighted by atomic mass is 16.4. The van der Waals surface area contributed by atoms with Gasteiger partial charge < -0.3 is 15.3 Å². The lowest BCUT2D eigenvalue weighted by atomic mass is 10.2. The fourth-order valence-corrected chi connectivity index (χ4v) is 1.84. The van der Waals surface area contributed by atoms with Gasteiger partial charge in [-0.05, 0) is 24.3 Å². The van der Waals surface area contributed by atoms with Crippen LogP contribution < -0.4 is 10.2 Å². The van der Waals surface area contributed by atoms with E-state index in [9.17, 15) is 9.59 Å². The van der Waals surface area contributed by atoms with Crippen LogP contribution in [0.5, 0.6) is 0 Å². The Morgan fingerprint density at radius 3 is 2.38 bits per heavy atom. The maximum Gasteiger partial charge on any atom is 0.354 e. The zero-order valence-electron chi connectivity index (χ0n) is 11.7. The molecule has 108 valence electrons. The van der Waals surface area contributed by atoms with Crippen LogP contribution in [0, 0.1) is 0 Å². The maximum absolute atomic E-state index is 12.2. The average Bonchev–Trinajstić information content (AvgIpc) is 2.47. The number of carbonyl (C=O) groups excluding carboxylic acids is 1. The quantitative estimate of drug-likeness (QED) is 0.899. The molecular weight excluding hydrogens is 270 g/mol. The number of aromatic nitrogens is 1. The predicted octanol–water partition coefficient (Wildman–Crippen LogP) is 2.10. The Bertz CT molecular complexity index is 683. The van der Waals surface area contributed by atoms with Crippen molar-refractivity contribution in [3.05, 3.63) is 53.9 Å². The molecule has 21 heavy (non-hydrogen) atoms. The molecule has 0 fully saturated rings. The summed E-state index contributed by atoms with van der Waals surface area (Å²) in [5.74, 6) is -1.62. The molecule has 2 N–H and O–H groups in total. The lowest BCUT2D eigenvalue weighted by molar-refractivity contribution is 0.0690. The Hall–Kier alpha value is -2.89. The van der Waals surface area contributed by atoms with Crippen molar-refractivity contribution >= 4 is 23.3 Å². The van der Waals surface area contributed by atoms with Crippen molar-refractivity contribution in [2.45, 2.75) is 0 Å². The Balaban J connectivity index is 2.26. The molecule has 1 amide bonds. The molecule has 1 aromatic carbocycles. The summed E-state index contributed by atoms with van der Waals surface area (Å²) >= 11 is 0. The van der Waals surface area contributed by atoms with Crippen molar-refractivity contribution in [3.63, 3.8) is 0 Å². The van der Waals surface area contributed by atoms with E-state index in [1.165, 1.54) is 18.2 Å². The Kier molecular flexibility index (Phi) is 4.18. The number of carboxylic acid groups (broad SMARTS) is 1. The van der Waals surface area contributed by atoms with Gasteiger partial charge in [-0.2, -0.15) is 0 Å². The second-order valence-electron chi connectivity index (χ2n) is 4.58. The number of hydrogen-bond acceptors (Lipinski definition) is 4. The van der Waals surface area contributed by atoms with Gasteiger partial charge in [-0.3, -0.25) is 4.79 Å². The van der Waals surface area contributed by atoms with Gasteiger partial charge in [0.15, 0.2) is 0 Å². The molecule has 0 aliphatic rings. The first-order valence-corrected chi connectivity index (χ1v) is 6.27. The number of nitrogens with zero attached hydrogens (tertiary/aromatic N) is 2. The van der Waals surface area contributed by atoms with Crippen molar-refractivity contribution in [1.29, 1.82) is 0 Å². The maximum atomic E-state index is 12.2. The summed E-state index contributed by atoms with van der Waals surface area (Å²) in [4.78, 5) is 28.7. The summed E-state index contributed by atoms with van der Waals surface area (Å²) in [6.45, 7) is 0. The standard InChI is InChI=1S/C15H15N3O3/c1-18(2)13-9-4-3-6-10(13)17-14(19)11-7-5-8-12(16-11)15(20)21/h3-9H,1-2H3,(H,17,19)(H,20,21). The van der Waals surface area contributed by atoms with Gasteiger partial charge in [-0.15, -0.1) is 0 Å². The Morgan fingerprint density at radius 1 is 1.05 bits per heavy atom. The van der Waals surface area contributed by atoms with E-state index < -0.39 is 11.9 Å². The van der Waals surface area contributed by atoms with E-state index in [0.29, 0.717) is 5.69 Å². The number of nitrogens with one attached hydrogen (secondary N) is 1. The summed E-state index contributed by atoms with van der Waals surface area (Å²) in [6.07, 6.45) is 0. The molecule has 0 aliphatic heterocycles. The van der Waals surface area contributed by atoms with Crippen LogP contribution in [-0.2, 0) is 0 Å². The largest absolute Gasteiger partial charge is 0.477 e. The van der Waals surface area contributed by atoms with Crippen molar-refractivity contribution in [2.24, 2.45) is 0 Å². The van der Waals surface area contributed by atoms with Crippen LogP contribution >= 0.6 is 0 Å². The SMILES string of the molecule is CN(C)c1ccccc1NC(=O)c1cccc(C(=O)O)n1. The molecule has 0 aliphatic carbocycles. The van der Waals surface area contributed by atoms with E-state index >= 15 is 0 Å². The van der Waals surface area contributed by atoms with Crippen molar-refractivity contribution in [3.8, 4) is 0 Å². The molecule has 0 saturated heterocycles. The van der Waals surface area contributed by atoms with Crippen LogP contribution in [0.3, 0.4) is 0 Å². The number of hydrogen-bond donors (Lipinski definition) is 2. The van der Waals surface area contributed by atoms with E-state index in [0.717, 1.165) is 5.69 Å². The second-order valence-corrected chi connectivity index (χ2v) is 4.58. The van der Waals surface area contributed by atoms with Gasteiger partial charge in [0.1, 0.15) is 11.4 Å². The van der Waals surface area contributed by atoms with E-state index in [1.54, 1.807) is 6.07 Å². The summed E-state index contributed by atoms with van der Waals surface area (Å²) in [5.41, 5.74) is 1.38. The topological polar surface area (TPSA) is 82.5 Å². The number of aromatic carboxylic acids is 1.